The van der Waals surface area contributed by atoms with Crippen LogP contribution in [0.1, 0.15) is 29.8 Å². The van der Waals surface area contributed by atoms with Gasteiger partial charge in [0.05, 0.1) is 14.2 Å². The second kappa shape index (κ2) is 9.01. The van der Waals surface area contributed by atoms with Crippen molar-refractivity contribution in [3.05, 3.63) is 53.6 Å². The van der Waals surface area contributed by atoms with Gasteiger partial charge in [-0.3, -0.25) is 9.59 Å². The van der Waals surface area contributed by atoms with Crippen LogP contribution in [0.5, 0.6) is 11.5 Å². The Bertz CT molecular complexity index is 832. The Labute approximate surface area is 169 Å². The molecule has 148 valence electrons. The van der Waals surface area contributed by atoms with Crippen LogP contribution in [-0.2, 0) is 16.1 Å². The van der Waals surface area contributed by atoms with Gasteiger partial charge in [-0.2, -0.15) is 0 Å². The fraction of sp³-hybridized carbons (Fsp3) is 0.333. The van der Waals surface area contributed by atoms with Crippen molar-refractivity contribution in [3.8, 4) is 11.5 Å². The smallest absolute Gasteiger partial charge is 0.224 e. The van der Waals surface area contributed by atoms with Crippen LogP contribution >= 0.6 is 11.8 Å². The Morgan fingerprint density at radius 3 is 2.36 bits per heavy atom. The van der Waals surface area contributed by atoms with Gasteiger partial charge in [0.15, 0.2) is 0 Å². The number of methoxy groups -OCH3 is 2. The molecular formula is C21H24N2O4S. The third-order valence-electron chi connectivity index (χ3n) is 4.48. The summed E-state index contributed by atoms with van der Waals surface area (Å²) < 4.78 is 10.7. The number of carbonyl (C=O) groups excluding carboxylic acids is 2. The predicted molar refractivity (Wildman–Crippen MR) is 111 cm³/mol. The summed E-state index contributed by atoms with van der Waals surface area (Å²) in [6.07, 6.45) is 0.520. The lowest BCUT2D eigenvalue weighted by atomic mass is 10.1. The van der Waals surface area contributed by atoms with E-state index >= 15 is 0 Å². The number of nitrogens with one attached hydrogen (secondary N) is 1. The van der Waals surface area contributed by atoms with Gasteiger partial charge in [0.2, 0.25) is 11.8 Å². The molecule has 2 aromatic carbocycles. The normalized spacial score (nSPS) is 16.6. The molecule has 0 bridgehead atoms. The quantitative estimate of drug-likeness (QED) is 0.798. The van der Waals surface area contributed by atoms with E-state index in [0.717, 1.165) is 22.6 Å². The Balaban J connectivity index is 1.85. The number of hydrogen-bond donors (Lipinski definition) is 1. The Morgan fingerprint density at radius 1 is 1.14 bits per heavy atom. The van der Waals surface area contributed by atoms with Gasteiger partial charge in [-0.15, -0.1) is 11.8 Å². The average Bonchev–Trinajstić information content (AvgIpc) is 2.69. The van der Waals surface area contributed by atoms with Crippen molar-refractivity contribution in [1.29, 1.82) is 0 Å². The van der Waals surface area contributed by atoms with E-state index in [-0.39, 0.29) is 17.2 Å². The van der Waals surface area contributed by atoms with Gasteiger partial charge >= 0.3 is 0 Å². The van der Waals surface area contributed by atoms with Crippen molar-refractivity contribution in [2.24, 2.45) is 0 Å². The number of carbonyl (C=O) groups is 2. The molecule has 1 atom stereocenters. The van der Waals surface area contributed by atoms with E-state index in [2.05, 4.69) is 5.32 Å². The Hall–Kier alpha value is -2.67. The number of hydrogen-bond acceptors (Lipinski definition) is 5. The minimum atomic E-state index is -0.108. The molecule has 1 saturated heterocycles. The first kappa shape index (κ1) is 20.1. The topological polar surface area (TPSA) is 67.9 Å². The standard InChI is InChI=1S/C21H24N2O4S/c1-14(24)22-17-6-4-16(5-7-17)21-23(20(25)8-9-28-21)13-15-10-18(26-2)12-19(11-15)27-3/h4-7,10-12,21H,8-9,13H2,1-3H3,(H,22,24). The highest BCUT2D eigenvalue weighted by Crippen LogP contribution is 2.39. The van der Waals surface area contributed by atoms with Crippen LogP contribution in [0.4, 0.5) is 5.69 Å². The number of thioether (sulfide) groups is 1. The lowest BCUT2D eigenvalue weighted by molar-refractivity contribution is -0.132. The molecular weight excluding hydrogens is 376 g/mol. The van der Waals surface area contributed by atoms with E-state index in [9.17, 15) is 9.59 Å². The molecule has 0 saturated carbocycles. The molecule has 1 unspecified atom stereocenters. The van der Waals surface area contributed by atoms with E-state index < -0.39 is 0 Å². The van der Waals surface area contributed by atoms with E-state index in [0.29, 0.717) is 24.5 Å². The maximum atomic E-state index is 12.7. The van der Waals surface area contributed by atoms with Crippen LogP contribution in [-0.4, -0.2) is 36.7 Å². The van der Waals surface area contributed by atoms with Crippen LogP contribution in [0.25, 0.3) is 0 Å². The van der Waals surface area contributed by atoms with Crippen molar-refractivity contribution in [1.82, 2.24) is 4.90 Å². The van der Waals surface area contributed by atoms with Crippen LogP contribution < -0.4 is 14.8 Å². The molecule has 2 aromatic rings. The third-order valence-corrected chi connectivity index (χ3v) is 5.76. The molecule has 0 aromatic heterocycles. The van der Waals surface area contributed by atoms with E-state index in [4.69, 9.17) is 9.47 Å². The minimum absolute atomic E-state index is 0.0789. The summed E-state index contributed by atoms with van der Waals surface area (Å²) in [5, 5.41) is 2.69. The summed E-state index contributed by atoms with van der Waals surface area (Å²) in [5.41, 5.74) is 2.72. The van der Waals surface area contributed by atoms with E-state index in [1.54, 1.807) is 26.0 Å². The van der Waals surface area contributed by atoms with E-state index in [1.165, 1.54) is 6.92 Å². The molecule has 6 nitrogen and oxygen atoms in total. The van der Waals surface area contributed by atoms with Crippen molar-refractivity contribution in [2.75, 3.05) is 25.3 Å². The number of ether oxygens (including phenoxy) is 2. The molecule has 1 aliphatic heterocycles. The molecule has 7 heteroatoms. The average molecular weight is 401 g/mol. The summed E-state index contributed by atoms with van der Waals surface area (Å²) in [6, 6.07) is 13.3. The molecule has 0 radical (unpaired) electrons. The van der Waals surface area contributed by atoms with Gasteiger partial charge in [0.1, 0.15) is 16.9 Å². The molecule has 28 heavy (non-hydrogen) atoms. The maximum Gasteiger partial charge on any atom is 0.224 e. The summed E-state index contributed by atoms with van der Waals surface area (Å²) in [5.74, 6) is 2.19. The second-order valence-corrected chi connectivity index (χ2v) is 7.71. The number of nitrogens with zero attached hydrogens (tertiary/aromatic N) is 1. The summed E-state index contributed by atoms with van der Waals surface area (Å²) >= 11 is 1.74. The molecule has 2 amide bonds. The van der Waals surface area contributed by atoms with Crippen LogP contribution in [0.15, 0.2) is 42.5 Å². The Kier molecular flexibility index (Phi) is 6.46. The van der Waals surface area contributed by atoms with Gasteiger partial charge in [-0.05, 0) is 35.4 Å². The fourth-order valence-electron chi connectivity index (χ4n) is 3.16. The largest absolute Gasteiger partial charge is 0.497 e. The first-order valence-corrected chi connectivity index (χ1v) is 10.1. The predicted octanol–water partition coefficient (Wildman–Crippen LogP) is 3.83. The number of anilines is 1. The number of amides is 2. The zero-order chi connectivity index (χ0) is 20.1. The SMILES string of the molecule is COc1cc(CN2C(=O)CCSC2c2ccc(NC(C)=O)cc2)cc(OC)c1. The van der Waals surface area contributed by atoms with Crippen molar-refractivity contribution < 1.29 is 19.1 Å². The van der Waals surface area contributed by atoms with Gasteiger partial charge < -0.3 is 19.7 Å². The zero-order valence-corrected chi connectivity index (χ0v) is 17.0. The maximum absolute atomic E-state index is 12.7. The molecule has 0 spiro atoms. The molecule has 1 fully saturated rings. The molecule has 1 aliphatic rings. The first-order chi connectivity index (χ1) is 13.5. The molecule has 0 aliphatic carbocycles. The third kappa shape index (κ3) is 4.78. The Morgan fingerprint density at radius 2 is 1.79 bits per heavy atom. The number of benzene rings is 2. The molecule has 1 heterocycles. The van der Waals surface area contributed by atoms with E-state index in [1.807, 2.05) is 47.4 Å². The highest BCUT2D eigenvalue weighted by Gasteiger charge is 2.30. The monoisotopic (exact) mass is 400 g/mol. The van der Waals surface area contributed by atoms with Gasteiger partial charge in [0, 0.05) is 37.4 Å². The second-order valence-electron chi connectivity index (χ2n) is 6.52. The van der Waals surface area contributed by atoms with Crippen LogP contribution in [0.2, 0.25) is 0 Å². The molecule has 3 rings (SSSR count). The minimum Gasteiger partial charge on any atom is -0.497 e. The van der Waals surface area contributed by atoms with Crippen LogP contribution in [0, 0.1) is 0 Å². The van der Waals surface area contributed by atoms with Gasteiger partial charge in [-0.25, -0.2) is 0 Å². The summed E-state index contributed by atoms with van der Waals surface area (Å²) in [6.45, 7) is 1.95. The van der Waals surface area contributed by atoms with Crippen molar-refractivity contribution in [3.63, 3.8) is 0 Å². The lowest BCUT2D eigenvalue weighted by Crippen LogP contribution is -2.36. The van der Waals surface area contributed by atoms with Crippen LogP contribution in [0.3, 0.4) is 0 Å². The van der Waals surface area contributed by atoms with Gasteiger partial charge in [-0.1, -0.05) is 12.1 Å². The highest BCUT2D eigenvalue weighted by molar-refractivity contribution is 7.99. The van der Waals surface area contributed by atoms with Crippen molar-refractivity contribution >= 4 is 29.3 Å². The first-order valence-electron chi connectivity index (χ1n) is 9.00. The van der Waals surface area contributed by atoms with Crippen molar-refractivity contribution in [2.45, 2.75) is 25.3 Å². The van der Waals surface area contributed by atoms with Gasteiger partial charge in [0.25, 0.3) is 0 Å². The number of rotatable bonds is 6. The highest BCUT2D eigenvalue weighted by atomic mass is 32.2. The zero-order valence-electron chi connectivity index (χ0n) is 16.2. The summed E-state index contributed by atoms with van der Waals surface area (Å²) in [4.78, 5) is 25.8. The summed E-state index contributed by atoms with van der Waals surface area (Å²) in [7, 11) is 3.22. The molecule has 1 N–H and O–H groups in total. The fourth-order valence-corrected chi connectivity index (χ4v) is 4.40. The lowest BCUT2D eigenvalue weighted by Gasteiger charge is -2.35.